The highest BCUT2D eigenvalue weighted by Gasteiger charge is 2.37. The molecule has 0 aromatic heterocycles. The quantitative estimate of drug-likeness (QED) is 0.658. The third-order valence-corrected chi connectivity index (χ3v) is 2.66. The molecule has 2 N–H and O–H groups in total. The van der Waals surface area contributed by atoms with Crippen molar-refractivity contribution in [3.8, 4) is 0 Å². The fraction of sp³-hybridized carbons (Fsp3) is 0.636. The maximum absolute atomic E-state index is 5.75. The van der Waals surface area contributed by atoms with Gasteiger partial charge in [-0.15, -0.1) is 6.58 Å². The van der Waals surface area contributed by atoms with Gasteiger partial charge in [-0.3, -0.25) is 0 Å². The lowest BCUT2D eigenvalue weighted by Gasteiger charge is -2.06. The van der Waals surface area contributed by atoms with Crippen LogP contribution in [0.3, 0.4) is 0 Å². The molecule has 0 heterocycles. The van der Waals surface area contributed by atoms with Gasteiger partial charge in [0.15, 0.2) is 0 Å². The first-order valence-corrected chi connectivity index (χ1v) is 4.76. The average molecular weight is 181 g/mol. The Hall–Kier alpha value is -0.760. The maximum Gasteiger partial charge on any atom is 0.0853 e. The van der Waals surface area contributed by atoms with Gasteiger partial charge in [0.2, 0.25) is 0 Å². The Morgan fingerprint density at radius 1 is 1.77 bits per heavy atom. The van der Waals surface area contributed by atoms with Crippen LogP contribution in [-0.2, 0) is 4.74 Å². The van der Waals surface area contributed by atoms with Crippen LogP contribution in [0.15, 0.2) is 24.4 Å². The van der Waals surface area contributed by atoms with Crippen LogP contribution in [-0.4, -0.2) is 13.7 Å². The Labute approximate surface area is 80.5 Å². The van der Waals surface area contributed by atoms with Gasteiger partial charge in [0.25, 0.3) is 0 Å². The third-order valence-electron chi connectivity index (χ3n) is 2.66. The van der Waals surface area contributed by atoms with Gasteiger partial charge in [0, 0.05) is 12.8 Å². The molecule has 0 aromatic carbocycles. The van der Waals surface area contributed by atoms with Gasteiger partial charge in [-0.1, -0.05) is 19.1 Å². The fourth-order valence-corrected chi connectivity index (χ4v) is 1.79. The zero-order chi connectivity index (χ0) is 9.84. The van der Waals surface area contributed by atoms with Gasteiger partial charge in [-0.25, -0.2) is 0 Å². The van der Waals surface area contributed by atoms with Gasteiger partial charge in [-0.05, 0) is 24.2 Å². The highest BCUT2D eigenvalue weighted by atomic mass is 16.5. The SMILES string of the molecule is C=CC1CC1C(C)/C=C(\N)COC. The predicted octanol–water partition coefficient (Wildman–Crippen LogP) is 1.93. The number of rotatable bonds is 5. The molecular weight excluding hydrogens is 162 g/mol. The summed E-state index contributed by atoms with van der Waals surface area (Å²) in [6.07, 6.45) is 5.42. The molecule has 0 saturated heterocycles. The molecule has 2 nitrogen and oxygen atoms in total. The van der Waals surface area contributed by atoms with Crippen molar-refractivity contribution in [2.45, 2.75) is 13.3 Å². The van der Waals surface area contributed by atoms with E-state index in [-0.39, 0.29) is 0 Å². The number of ether oxygens (including phenoxy) is 1. The van der Waals surface area contributed by atoms with E-state index in [1.165, 1.54) is 6.42 Å². The van der Waals surface area contributed by atoms with E-state index in [2.05, 4.69) is 19.6 Å². The summed E-state index contributed by atoms with van der Waals surface area (Å²) in [4.78, 5) is 0. The van der Waals surface area contributed by atoms with E-state index >= 15 is 0 Å². The van der Waals surface area contributed by atoms with E-state index in [0.29, 0.717) is 18.4 Å². The Kier molecular flexibility index (Phi) is 3.55. The Bertz CT molecular complexity index is 210. The van der Waals surface area contributed by atoms with E-state index in [9.17, 15) is 0 Å². The van der Waals surface area contributed by atoms with Crippen molar-refractivity contribution in [1.29, 1.82) is 0 Å². The van der Waals surface area contributed by atoms with Crippen LogP contribution in [0.25, 0.3) is 0 Å². The summed E-state index contributed by atoms with van der Waals surface area (Å²) in [5.41, 5.74) is 6.59. The lowest BCUT2D eigenvalue weighted by atomic mass is 10.0. The Balaban J connectivity index is 2.36. The van der Waals surface area contributed by atoms with Gasteiger partial charge in [-0.2, -0.15) is 0 Å². The van der Waals surface area contributed by atoms with E-state index in [4.69, 9.17) is 10.5 Å². The maximum atomic E-state index is 5.75. The normalized spacial score (nSPS) is 29.8. The largest absolute Gasteiger partial charge is 0.400 e. The molecule has 2 heteroatoms. The molecule has 0 amide bonds. The van der Waals surface area contributed by atoms with Crippen LogP contribution < -0.4 is 5.73 Å². The molecule has 0 aromatic rings. The lowest BCUT2D eigenvalue weighted by molar-refractivity contribution is 0.224. The second kappa shape index (κ2) is 4.47. The van der Waals surface area contributed by atoms with E-state index < -0.39 is 0 Å². The van der Waals surface area contributed by atoms with E-state index in [1.54, 1.807) is 7.11 Å². The molecule has 3 atom stereocenters. The van der Waals surface area contributed by atoms with Crippen molar-refractivity contribution in [1.82, 2.24) is 0 Å². The monoisotopic (exact) mass is 181 g/mol. The molecule has 1 aliphatic carbocycles. The summed E-state index contributed by atoms with van der Waals surface area (Å²) >= 11 is 0. The molecule has 1 aliphatic rings. The number of hydrogen-bond acceptors (Lipinski definition) is 2. The van der Waals surface area contributed by atoms with Gasteiger partial charge < -0.3 is 10.5 Å². The minimum absolute atomic E-state index is 0.538. The van der Waals surface area contributed by atoms with Crippen molar-refractivity contribution in [2.75, 3.05) is 13.7 Å². The molecule has 0 bridgehead atoms. The van der Waals surface area contributed by atoms with Crippen LogP contribution in [0.5, 0.6) is 0 Å². The predicted molar refractivity (Wildman–Crippen MR) is 55.1 cm³/mol. The van der Waals surface area contributed by atoms with Crippen molar-refractivity contribution in [2.24, 2.45) is 23.5 Å². The topological polar surface area (TPSA) is 35.2 Å². The molecular formula is C11H19NO. The smallest absolute Gasteiger partial charge is 0.0853 e. The fourth-order valence-electron chi connectivity index (χ4n) is 1.79. The third kappa shape index (κ3) is 2.88. The summed E-state index contributed by atoms with van der Waals surface area (Å²) in [7, 11) is 1.66. The second-order valence-electron chi connectivity index (χ2n) is 3.83. The van der Waals surface area contributed by atoms with Gasteiger partial charge >= 0.3 is 0 Å². The minimum atomic E-state index is 0.538. The lowest BCUT2D eigenvalue weighted by Crippen LogP contribution is -2.08. The standard InChI is InChI=1S/C11H19NO/c1-4-9-6-11(9)8(2)5-10(12)7-13-3/h4-5,8-9,11H,1,6-7,12H2,2-3H3/b10-5-. The summed E-state index contributed by atoms with van der Waals surface area (Å²) < 4.78 is 4.94. The molecule has 13 heavy (non-hydrogen) atoms. The van der Waals surface area contributed by atoms with Crippen molar-refractivity contribution in [3.05, 3.63) is 24.4 Å². The molecule has 1 rings (SSSR count). The average Bonchev–Trinajstić information content (AvgIpc) is 2.82. The molecule has 0 radical (unpaired) electrons. The van der Waals surface area contributed by atoms with Gasteiger partial charge in [0.05, 0.1) is 6.61 Å². The molecule has 0 spiro atoms. The molecule has 74 valence electrons. The van der Waals surface area contributed by atoms with Crippen LogP contribution in [0.4, 0.5) is 0 Å². The minimum Gasteiger partial charge on any atom is -0.400 e. The highest BCUT2D eigenvalue weighted by molar-refractivity contribution is 5.08. The first-order valence-electron chi connectivity index (χ1n) is 4.76. The van der Waals surface area contributed by atoms with Crippen molar-refractivity contribution in [3.63, 3.8) is 0 Å². The summed E-state index contributed by atoms with van der Waals surface area (Å²) in [6.45, 7) is 6.54. The molecule has 3 unspecified atom stereocenters. The number of hydrogen-bond donors (Lipinski definition) is 1. The molecule has 0 aliphatic heterocycles. The summed E-state index contributed by atoms with van der Waals surface area (Å²) in [5, 5.41) is 0. The molecule has 1 fully saturated rings. The Morgan fingerprint density at radius 3 is 2.92 bits per heavy atom. The van der Waals surface area contributed by atoms with Crippen molar-refractivity contribution < 1.29 is 4.74 Å². The zero-order valence-electron chi connectivity index (χ0n) is 8.49. The second-order valence-corrected chi connectivity index (χ2v) is 3.83. The first kappa shape index (κ1) is 10.3. The van der Waals surface area contributed by atoms with Gasteiger partial charge in [0.1, 0.15) is 0 Å². The number of methoxy groups -OCH3 is 1. The molecule has 1 saturated carbocycles. The first-order chi connectivity index (χ1) is 6.19. The van der Waals surface area contributed by atoms with Crippen LogP contribution >= 0.6 is 0 Å². The van der Waals surface area contributed by atoms with E-state index in [1.807, 2.05) is 6.08 Å². The number of nitrogens with two attached hydrogens (primary N) is 1. The highest BCUT2D eigenvalue weighted by Crippen LogP contribution is 2.45. The Morgan fingerprint density at radius 2 is 2.46 bits per heavy atom. The summed E-state index contributed by atoms with van der Waals surface area (Å²) in [6, 6.07) is 0. The van der Waals surface area contributed by atoms with Crippen LogP contribution in [0.1, 0.15) is 13.3 Å². The van der Waals surface area contributed by atoms with Crippen LogP contribution in [0.2, 0.25) is 0 Å². The summed E-state index contributed by atoms with van der Waals surface area (Å²) in [5.74, 6) is 2.02. The zero-order valence-corrected chi connectivity index (χ0v) is 8.49. The number of allylic oxidation sites excluding steroid dienone is 2. The van der Waals surface area contributed by atoms with E-state index in [0.717, 1.165) is 11.6 Å². The van der Waals surface area contributed by atoms with Crippen molar-refractivity contribution >= 4 is 0 Å². The van der Waals surface area contributed by atoms with Crippen LogP contribution in [0, 0.1) is 17.8 Å².